The highest BCUT2D eigenvalue weighted by atomic mass is 79.9. The first kappa shape index (κ1) is 14.7. The third-order valence-electron chi connectivity index (χ3n) is 2.54. The Kier molecular flexibility index (Phi) is 5.85. The number of benzene rings is 1. The molecule has 4 nitrogen and oxygen atoms in total. The summed E-state index contributed by atoms with van der Waals surface area (Å²) in [6.07, 6.45) is 0.627. The molecule has 0 radical (unpaired) electrons. The number of amides is 1. The average molecular weight is 314 g/mol. The van der Waals surface area contributed by atoms with Crippen molar-refractivity contribution in [1.82, 2.24) is 5.32 Å². The molecule has 1 unspecified atom stereocenters. The zero-order valence-electron chi connectivity index (χ0n) is 10.1. The first-order valence-corrected chi connectivity index (χ1v) is 6.55. The van der Waals surface area contributed by atoms with Gasteiger partial charge in [0.25, 0.3) is 0 Å². The van der Waals surface area contributed by atoms with Gasteiger partial charge in [-0.1, -0.05) is 34.1 Å². The third-order valence-corrected chi connectivity index (χ3v) is 3.27. The molecule has 0 spiro atoms. The largest absolute Gasteiger partial charge is 0.481 e. The Hall–Kier alpha value is -1.36. The minimum Gasteiger partial charge on any atom is -0.481 e. The van der Waals surface area contributed by atoms with Gasteiger partial charge in [0.05, 0.1) is 6.04 Å². The van der Waals surface area contributed by atoms with Crippen LogP contribution < -0.4 is 5.32 Å². The number of halogens is 1. The van der Waals surface area contributed by atoms with Gasteiger partial charge < -0.3 is 10.4 Å². The molecule has 0 fully saturated rings. The smallest absolute Gasteiger partial charge is 0.303 e. The standard InChI is InChI=1S/C13H16BrNO3/c1-9(10-5-2-3-6-11(10)14)15-12(16)7-4-8-13(17)18/h2-3,5-6,9H,4,7-8H2,1H3,(H,15,16)(H,17,18). The molecule has 0 aliphatic rings. The van der Waals surface area contributed by atoms with Gasteiger partial charge in [0.1, 0.15) is 0 Å². The number of hydrogen-bond acceptors (Lipinski definition) is 2. The second-order valence-electron chi connectivity index (χ2n) is 4.06. The molecule has 0 heterocycles. The third kappa shape index (κ3) is 4.87. The predicted molar refractivity (Wildman–Crippen MR) is 72.2 cm³/mol. The molecule has 1 rings (SSSR count). The highest BCUT2D eigenvalue weighted by Crippen LogP contribution is 2.22. The number of carbonyl (C=O) groups excluding carboxylic acids is 1. The van der Waals surface area contributed by atoms with Crippen LogP contribution in [0.4, 0.5) is 0 Å². The Labute approximate surface area is 115 Å². The first-order valence-electron chi connectivity index (χ1n) is 5.76. The van der Waals surface area contributed by atoms with Crippen LogP contribution in [0.15, 0.2) is 28.7 Å². The molecule has 5 heteroatoms. The SMILES string of the molecule is CC(NC(=O)CCCC(=O)O)c1ccccc1Br. The van der Waals surface area contributed by atoms with Crippen molar-refractivity contribution in [2.24, 2.45) is 0 Å². The Morgan fingerprint density at radius 1 is 1.33 bits per heavy atom. The van der Waals surface area contributed by atoms with Gasteiger partial charge in [-0.25, -0.2) is 0 Å². The van der Waals surface area contributed by atoms with Gasteiger partial charge in [-0.15, -0.1) is 0 Å². The van der Waals surface area contributed by atoms with Crippen molar-refractivity contribution in [3.63, 3.8) is 0 Å². The predicted octanol–water partition coefficient (Wildman–Crippen LogP) is 2.88. The van der Waals surface area contributed by atoms with E-state index in [-0.39, 0.29) is 24.8 Å². The maximum absolute atomic E-state index is 11.6. The number of carboxylic acids is 1. The molecule has 0 aromatic heterocycles. The lowest BCUT2D eigenvalue weighted by molar-refractivity contribution is -0.137. The van der Waals surface area contributed by atoms with E-state index in [0.717, 1.165) is 10.0 Å². The summed E-state index contributed by atoms with van der Waals surface area (Å²) in [5.41, 5.74) is 1.00. The minimum absolute atomic E-state index is 0.0246. The van der Waals surface area contributed by atoms with E-state index in [9.17, 15) is 9.59 Å². The lowest BCUT2D eigenvalue weighted by atomic mass is 10.1. The second-order valence-corrected chi connectivity index (χ2v) is 4.91. The fourth-order valence-electron chi connectivity index (χ4n) is 1.62. The number of carbonyl (C=O) groups is 2. The zero-order chi connectivity index (χ0) is 13.5. The van der Waals surface area contributed by atoms with Crippen molar-refractivity contribution in [3.05, 3.63) is 34.3 Å². The van der Waals surface area contributed by atoms with E-state index < -0.39 is 5.97 Å². The number of nitrogens with one attached hydrogen (secondary N) is 1. The van der Waals surface area contributed by atoms with Gasteiger partial charge in [0.15, 0.2) is 0 Å². The van der Waals surface area contributed by atoms with Crippen LogP contribution in [0.25, 0.3) is 0 Å². The summed E-state index contributed by atoms with van der Waals surface area (Å²) in [5.74, 6) is -0.999. The summed E-state index contributed by atoms with van der Waals surface area (Å²) in [6, 6.07) is 7.58. The molecular weight excluding hydrogens is 298 g/mol. The highest BCUT2D eigenvalue weighted by Gasteiger charge is 2.12. The lowest BCUT2D eigenvalue weighted by Gasteiger charge is -2.15. The van der Waals surface area contributed by atoms with Crippen LogP contribution in [-0.2, 0) is 9.59 Å². The fraction of sp³-hybridized carbons (Fsp3) is 0.385. The molecule has 1 atom stereocenters. The quantitative estimate of drug-likeness (QED) is 0.848. The Balaban J connectivity index is 2.45. The van der Waals surface area contributed by atoms with Gasteiger partial charge in [0, 0.05) is 17.3 Å². The molecule has 98 valence electrons. The normalized spacial score (nSPS) is 11.9. The molecule has 0 saturated heterocycles. The summed E-state index contributed by atoms with van der Waals surface area (Å²) in [5, 5.41) is 11.3. The van der Waals surface area contributed by atoms with Gasteiger partial charge in [-0.05, 0) is 25.0 Å². The van der Waals surface area contributed by atoms with Crippen molar-refractivity contribution in [2.45, 2.75) is 32.2 Å². The van der Waals surface area contributed by atoms with Gasteiger partial charge >= 0.3 is 5.97 Å². The molecule has 0 saturated carbocycles. The van der Waals surface area contributed by atoms with Crippen molar-refractivity contribution in [1.29, 1.82) is 0 Å². The molecule has 2 N–H and O–H groups in total. The number of aliphatic carboxylic acids is 1. The van der Waals surface area contributed by atoms with E-state index >= 15 is 0 Å². The van der Waals surface area contributed by atoms with Gasteiger partial charge in [0.2, 0.25) is 5.91 Å². The number of carboxylic acid groups (broad SMARTS) is 1. The number of hydrogen-bond donors (Lipinski definition) is 2. The Bertz CT molecular complexity index is 434. The van der Waals surface area contributed by atoms with E-state index in [4.69, 9.17) is 5.11 Å². The fourth-order valence-corrected chi connectivity index (χ4v) is 2.25. The van der Waals surface area contributed by atoms with Crippen molar-refractivity contribution >= 4 is 27.8 Å². The van der Waals surface area contributed by atoms with Crippen LogP contribution >= 0.6 is 15.9 Å². The summed E-state index contributed by atoms with van der Waals surface area (Å²) in [4.78, 5) is 21.9. The molecule has 0 aliphatic heterocycles. The van der Waals surface area contributed by atoms with Gasteiger partial charge in [-0.3, -0.25) is 9.59 Å². The van der Waals surface area contributed by atoms with Crippen LogP contribution in [0.1, 0.15) is 37.8 Å². The molecule has 1 amide bonds. The molecule has 18 heavy (non-hydrogen) atoms. The van der Waals surface area contributed by atoms with E-state index in [1.54, 1.807) is 0 Å². The van der Waals surface area contributed by atoms with Crippen LogP contribution in [0, 0.1) is 0 Å². The highest BCUT2D eigenvalue weighted by molar-refractivity contribution is 9.10. The first-order chi connectivity index (χ1) is 8.50. The maximum Gasteiger partial charge on any atom is 0.303 e. The minimum atomic E-state index is -0.873. The summed E-state index contributed by atoms with van der Waals surface area (Å²) in [6.45, 7) is 1.90. The molecule has 0 aliphatic carbocycles. The second kappa shape index (κ2) is 7.16. The monoisotopic (exact) mass is 313 g/mol. The molecule has 1 aromatic rings. The Morgan fingerprint density at radius 3 is 2.61 bits per heavy atom. The van der Waals surface area contributed by atoms with E-state index in [2.05, 4.69) is 21.2 Å². The summed E-state index contributed by atoms with van der Waals surface area (Å²) in [7, 11) is 0. The molecular formula is C13H16BrNO3. The van der Waals surface area contributed by atoms with Gasteiger partial charge in [-0.2, -0.15) is 0 Å². The lowest BCUT2D eigenvalue weighted by Crippen LogP contribution is -2.26. The summed E-state index contributed by atoms with van der Waals surface area (Å²) >= 11 is 3.43. The van der Waals surface area contributed by atoms with Crippen LogP contribution in [0.5, 0.6) is 0 Å². The average Bonchev–Trinajstić information content (AvgIpc) is 2.28. The van der Waals surface area contributed by atoms with Crippen molar-refractivity contribution in [2.75, 3.05) is 0 Å². The number of rotatable bonds is 6. The van der Waals surface area contributed by atoms with E-state index in [1.165, 1.54) is 0 Å². The van der Waals surface area contributed by atoms with Crippen LogP contribution in [0.3, 0.4) is 0 Å². The zero-order valence-corrected chi connectivity index (χ0v) is 11.7. The van der Waals surface area contributed by atoms with Crippen molar-refractivity contribution in [3.8, 4) is 0 Å². The maximum atomic E-state index is 11.6. The molecule has 1 aromatic carbocycles. The summed E-state index contributed by atoms with van der Waals surface area (Å²) < 4.78 is 0.948. The van der Waals surface area contributed by atoms with Crippen LogP contribution in [0.2, 0.25) is 0 Å². The Morgan fingerprint density at radius 2 is 2.00 bits per heavy atom. The van der Waals surface area contributed by atoms with E-state index in [0.29, 0.717) is 6.42 Å². The van der Waals surface area contributed by atoms with E-state index in [1.807, 2.05) is 31.2 Å². The molecule has 0 bridgehead atoms. The topological polar surface area (TPSA) is 66.4 Å². The van der Waals surface area contributed by atoms with Crippen LogP contribution in [-0.4, -0.2) is 17.0 Å². The van der Waals surface area contributed by atoms with Crippen molar-refractivity contribution < 1.29 is 14.7 Å².